The summed E-state index contributed by atoms with van der Waals surface area (Å²) in [6.45, 7) is 3.80. The number of nitrogens with two attached hydrogens (primary N) is 1. The largest absolute Gasteiger partial charge is 0.326 e. The molecule has 1 amide bonds. The first-order valence-electron chi connectivity index (χ1n) is 6.49. The maximum absolute atomic E-state index is 12.0. The highest BCUT2D eigenvalue weighted by Gasteiger charge is 2.14. The molecular weight excluding hydrogens is 274 g/mol. The Labute approximate surface area is 123 Å². The molecule has 0 unspecified atom stereocenters. The molecule has 0 fully saturated rings. The second kappa shape index (κ2) is 5.77. The minimum absolute atomic E-state index is 0.0715. The third kappa shape index (κ3) is 3.68. The number of hydrogen-bond donors (Lipinski definition) is 2. The van der Waals surface area contributed by atoms with E-state index in [0.717, 1.165) is 5.39 Å². The lowest BCUT2D eigenvalue weighted by atomic mass is 10.00. The highest BCUT2D eigenvalue weighted by atomic mass is 35.5. The normalized spacial score (nSPS) is 11.6. The van der Waals surface area contributed by atoms with Crippen molar-refractivity contribution in [2.24, 2.45) is 5.73 Å². The molecule has 1 aromatic heterocycles. The Bertz CT molecular complexity index is 635. The van der Waals surface area contributed by atoms with Crippen molar-refractivity contribution in [2.45, 2.75) is 32.2 Å². The average Bonchev–Trinajstić information content (AvgIpc) is 2.39. The molecule has 0 aliphatic rings. The van der Waals surface area contributed by atoms with E-state index >= 15 is 0 Å². The topological polar surface area (TPSA) is 68.0 Å². The van der Waals surface area contributed by atoms with Crippen LogP contribution in [0.25, 0.3) is 10.9 Å². The van der Waals surface area contributed by atoms with Crippen molar-refractivity contribution in [1.29, 1.82) is 0 Å². The number of rotatable bonds is 4. The Hall–Kier alpha value is -1.65. The van der Waals surface area contributed by atoms with Crippen LogP contribution < -0.4 is 11.1 Å². The molecule has 2 rings (SSSR count). The fourth-order valence-corrected chi connectivity index (χ4v) is 2.10. The quantitative estimate of drug-likeness (QED) is 0.908. The van der Waals surface area contributed by atoms with Gasteiger partial charge in [-0.15, -0.1) is 0 Å². The van der Waals surface area contributed by atoms with Crippen molar-refractivity contribution in [2.75, 3.05) is 5.32 Å². The second-order valence-electron chi connectivity index (χ2n) is 5.53. The van der Waals surface area contributed by atoms with E-state index in [1.54, 1.807) is 18.3 Å². The van der Waals surface area contributed by atoms with E-state index in [1.807, 2.05) is 26.0 Å². The van der Waals surface area contributed by atoms with Crippen molar-refractivity contribution >= 4 is 34.1 Å². The molecule has 2 aromatic rings. The molecule has 20 heavy (non-hydrogen) atoms. The summed E-state index contributed by atoms with van der Waals surface area (Å²) >= 11 is 6.12. The van der Waals surface area contributed by atoms with Gasteiger partial charge in [-0.05, 0) is 44.5 Å². The van der Waals surface area contributed by atoms with Gasteiger partial charge in [0.05, 0.1) is 16.2 Å². The Balaban J connectivity index is 2.18. The zero-order valence-electron chi connectivity index (χ0n) is 11.6. The van der Waals surface area contributed by atoms with Gasteiger partial charge in [-0.1, -0.05) is 11.6 Å². The number of benzene rings is 1. The van der Waals surface area contributed by atoms with Crippen molar-refractivity contribution < 1.29 is 4.79 Å². The van der Waals surface area contributed by atoms with Crippen LogP contribution in [0.3, 0.4) is 0 Å². The summed E-state index contributed by atoms with van der Waals surface area (Å²) < 4.78 is 0. The molecule has 0 saturated heterocycles. The number of nitrogens with one attached hydrogen (secondary N) is 1. The van der Waals surface area contributed by atoms with E-state index in [2.05, 4.69) is 10.3 Å². The molecule has 4 nitrogen and oxygen atoms in total. The van der Waals surface area contributed by atoms with Crippen LogP contribution >= 0.6 is 11.6 Å². The first-order chi connectivity index (χ1) is 9.37. The van der Waals surface area contributed by atoms with Crippen LogP contribution in [0, 0.1) is 0 Å². The van der Waals surface area contributed by atoms with Gasteiger partial charge in [-0.25, -0.2) is 0 Å². The van der Waals surface area contributed by atoms with Crippen molar-refractivity contribution in [3.8, 4) is 0 Å². The number of anilines is 1. The van der Waals surface area contributed by atoms with Gasteiger partial charge in [0.1, 0.15) is 0 Å². The number of fused-ring (bicyclic) bond motifs is 1. The molecule has 0 radical (unpaired) electrons. The molecule has 1 heterocycles. The molecule has 0 aliphatic carbocycles. The van der Waals surface area contributed by atoms with Gasteiger partial charge in [0.2, 0.25) is 5.91 Å². The summed E-state index contributed by atoms with van der Waals surface area (Å²) in [6, 6.07) is 7.22. The lowest BCUT2D eigenvalue weighted by molar-refractivity contribution is -0.116. The van der Waals surface area contributed by atoms with E-state index in [1.165, 1.54) is 0 Å². The van der Waals surface area contributed by atoms with E-state index in [0.29, 0.717) is 29.1 Å². The molecule has 0 bridgehead atoms. The highest BCUT2D eigenvalue weighted by molar-refractivity contribution is 6.35. The summed E-state index contributed by atoms with van der Waals surface area (Å²) in [5.41, 5.74) is 6.89. The Morgan fingerprint density at radius 2 is 2.15 bits per heavy atom. The van der Waals surface area contributed by atoms with Crippen LogP contribution in [0.1, 0.15) is 26.7 Å². The molecule has 0 aliphatic heterocycles. The maximum atomic E-state index is 12.0. The van der Waals surface area contributed by atoms with Crippen LogP contribution in [-0.4, -0.2) is 16.4 Å². The smallest absolute Gasteiger partial charge is 0.224 e. The average molecular weight is 292 g/mol. The summed E-state index contributed by atoms with van der Waals surface area (Å²) in [6.07, 6.45) is 2.68. The Kier molecular flexibility index (Phi) is 4.26. The monoisotopic (exact) mass is 291 g/mol. The molecular formula is C15H18ClN3O. The minimum atomic E-state index is -0.350. The van der Waals surface area contributed by atoms with Gasteiger partial charge in [-0.2, -0.15) is 0 Å². The van der Waals surface area contributed by atoms with Crippen molar-refractivity contribution in [3.63, 3.8) is 0 Å². The number of hydrogen-bond acceptors (Lipinski definition) is 3. The standard InChI is InChI=1S/C15H18ClN3O/c1-15(2,17)8-7-13(20)19-12-6-5-11(16)10-4-3-9-18-14(10)12/h3-6,9H,7-8,17H2,1-2H3,(H,19,20). The first kappa shape index (κ1) is 14.8. The van der Waals surface area contributed by atoms with Gasteiger partial charge in [0.25, 0.3) is 0 Å². The third-order valence-electron chi connectivity index (χ3n) is 2.99. The fraction of sp³-hybridized carbons (Fsp3) is 0.333. The van der Waals surface area contributed by atoms with E-state index < -0.39 is 0 Å². The maximum Gasteiger partial charge on any atom is 0.224 e. The lowest BCUT2D eigenvalue weighted by Crippen LogP contribution is -2.33. The van der Waals surface area contributed by atoms with E-state index in [-0.39, 0.29) is 11.4 Å². The van der Waals surface area contributed by atoms with Crippen LogP contribution in [0.4, 0.5) is 5.69 Å². The Morgan fingerprint density at radius 1 is 1.40 bits per heavy atom. The molecule has 0 saturated carbocycles. The first-order valence-corrected chi connectivity index (χ1v) is 6.86. The van der Waals surface area contributed by atoms with Crippen molar-refractivity contribution in [3.05, 3.63) is 35.5 Å². The lowest BCUT2D eigenvalue weighted by Gasteiger charge is -2.17. The van der Waals surface area contributed by atoms with Crippen molar-refractivity contribution in [1.82, 2.24) is 4.98 Å². The van der Waals surface area contributed by atoms with E-state index in [9.17, 15) is 4.79 Å². The summed E-state index contributed by atoms with van der Waals surface area (Å²) in [5.74, 6) is -0.0715. The number of pyridine rings is 1. The van der Waals surface area contributed by atoms with Gasteiger partial charge in [0, 0.05) is 23.5 Å². The zero-order valence-corrected chi connectivity index (χ0v) is 12.4. The predicted octanol–water partition coefficient (Wildman–Crippen LogP) is 3.34. The van der Waals surface area contributed by atoms with Crippen LogP contribution in [-0.2, 0) is 4.79 Å². The number of carbonyl (C=O) groups is 1. The number of carbonyl (C=O) groups excluding carboxylic acids is 1. The van der Waals surface area contributed by atoms with Crippen LogP contribution in [0.5, 0.6) is 0 Å². The van der Waals surface area contributed by atoms with Crippen LogP contribution in [0.2, 0.25) is 5.02 Å². The van der Waals surface area contributed by atoms with Gasteiger partial charge >= 0.3 is 0 Å². The highest BCUT2D eigenvalue weighted by Crippen LogP contribution is 2.28. The number of halogens is 1. The number of nitrogens with zero attached hydrogens (tertiary/aromatic N) is 1. The van der Waals surface area contributed by atoms with Gasteiger partial charge in [0.15, 0.2) is 0 Å². The predicted molar refractivity (Wildman–Crippen MR) is 82.9 cm³/mol. The van der Waals surface area contributed by atoms with Crippen LogP contribution in [0.15, 0.2) is 30.5 Å². The molecule has 0 atom stereocenters. The van der Waals surface area contributed by atoms with Gasteiger partial charge < -0.3 is 11.1 Å². The zero-order chi connectivity index (χ0) is 14.8. The fourth-order valence-electron chi connectivity index (χ4n) is 1.89. The second-order valence-corrected chi connectivity index (χ2v) is 5.94. The minimum Gasteiger partial charge on any atom is -0.326 e. The van der Waals surface area contributed by atoms with E-state index in [4.69, 9.17) is 17.3 Å². The summed E-state index contributed by atoms with van der Waals surface area (Å²) in [4.78, 5) is 16.2. The number of amides is 1. The summed E-state index contributed by atoms with van der Waals surface area (Å²) in [7, 11) is 0. The SMILES string of the molecule is CC(C)(N)CCC(=O)Nc1ccc(Cl)c2cccnc12. The van der Waals surface area contributed by atoms with Gasteiger partial charge in [-0.3, -0.25) is 9.78 Å². The molecule has 5 heteroatoms. The summed E-state index contributed by atoms with van der Waals surface area (Å²) in [5, 5.41) is 4.31. The molecule has 106 valence electrons. The number of aromatic nitrogens is 1. The third-order valence-corrected chi connectivity index (χ3v) is 3.32. The Morgan fingerprint density at radius 3 is 2.85 bits per heavy atom. The molecule has 1 aromatic carbocycles. The molecule has 3 N–H and O–H groups in total. The molecule has 0 spiro atoms.